The predicted octanol–water partition coefficient (Wildman–Crippen LogP) is 3.13. The smallest absolute Gasteiger partial charge is 0.168 e. The highest BCUT2D eigenvalue weighted by molar-refractivity contribution is 8.07. The van der Waals surface area contributed by atoms with E-state index in [0.717, 1.165) is 34.8 Å². The number of aryl methyl sites for hydroxylation is 1. The number of nitrogens with zero attached hydrogens (tertiary/aromatic N) is 2. The third-order valence-electron chi connectivity index (χ3n) is 1.76. The van der Waals surface area contributed by atoms with E-state index in [-0.39, 0.29) is 5.44 Å². The van der Waals surface area contributed by atoms with Gasteiger partial charge in [-0.2, -0.15) is 10.5 Å². The molecule has 0 heterocycles. The van der Waals surface area contributed by atoms with Gasteiger partial charge in [0, 0.05) is 0 Å². The molecule has 0 N–H and O–H groups in total. The van der Waals surface area contributed by atoms with Crippen molar-refractivity contribution in [3.63, 3.8) is 0 Å². The van der Waals surface area contributed by atoms with E-state index in [1.54, 1.807) is 0 Å². The van der Waals surface area contributed by atoms with Gasteiger partial charge in [0.05, 0.1) is 5.75 Å². The van der Waals surface area contributed by atoms with Crippen LogP contribution >= 0.6 is 23.5 Å². The number of hydrogen-bond acceptors (Lipinski definition) is 5. The Kier molecular flexibility index (Phi) is 5.63. The van der Waals surface area contributed by atoms with E-state index < -0.39 is 0 Å². The average molecular weight is 250 g/mol. The maximum absolute atomic E-state index is 8.60. The minimum Gasteiger partial charge on any atom is -0.478 e. The lowest BCUT2D eigenvalue weighted by atomic mass is 10.2. The summed E-state index contributed by atoms with van der Waals surface area (Å²) in [5.41, 5.74) is 0.848. The van der Waals surface area contributed by atoms with Crippen LogP contribution in [0.4, 0.5) is 0 Å². The van der Waals surface area contributed by atoms with Crippen molar-refractivity contribution in [3.8, 4) is 16.6 Å². The Bertz CT molecular complexity index is 405. The zero-order valence-corrected chi connectivity index (χ0v) is 10.3. The van der Waals surface area contributed by atoms with E-state index in [1.165, 1.54) is 0 Å². The van der Waals surface area contributed by atoms with Gasteiger partial charge in [0.15, 0.2) is 5.44 Å². The summed E-state index contributed by atoms with van der Waals surface area (Å²) in [6.07, 6.45) is 0. The number of ether oxygens (including phenoxy) is 1. The van der Waals surface area contributed by atoms with Gasteiger partial charge in [-0.3, -0.25) is 0 Å². The van der Waals surface area contributed by atoms with Gasteiger partial charge >= 0.3 is 0 Å². The number of rotatable bonds is 5. The molecule has 82 valence electrons. The van der Waals surface area contributed by atoms with Crippen LogP contribution < -0.4 is 4.74 Å². The van der Waals surface area contributed by atoms with Crippen molar-refractivity contribution in [2.24, 2.45) is 0 Å². The lowest BCUT2D eigenvalue weighted by molar-refractivity contribution is 0.313. The first-order chi connectivity index (χ1) is 7.76. The molecule has 0 aliphatic heterocycles. The highest BCUT2D eigenvalue weighted by Gasteiger charge is 2.11. The third-order valence-corrected chi connectivity index (χ3v) is 3.20. The summed E-state index contributed by atoms with van der Waals surface area (Å²) in [6, 6.07) is 7.61. The number of hydrogen-bond donors (Lipinski definition) is 0. The molecule has 1 unspecified atom stereocenters. The van der Waals surface area contributed by atoms with Crippen LogP contribution in [0.3, 0.4) is 0 Å². The molecule has 1 aromatic rings. The Hall–Kier alpha value is -1.30. The molecule has 0 saturated carbocycles. The second kappa shape index (κ2) is 7.05. The fourth-order valence-corrected chi connectivity index (χ4v) is 2.06. The van der Waals surface area contributed by atoms with E-state index in [1.807, 2.05) is 42.0 Å². The lowest BCUT2D eigenvalue weighted by Crippen LogP contribution is -2.14. The van der Waals surface area contributed by atoms with Gasteiger partial charge in [0.2, 0.25) is 0 Å². The molecule has 0 aliphatic carbocycles. The largest absolute Gasteiger partial charge is 0.478 e. The normalized spacial score (nSPS) is 11.2. The zero-order chi connectivity index (χ0) is 11.8. The van der Waals surface area contributed by atoms with Crippen LogP contribution in [0, 0.1) is 28.3 Å². The first-order valence-electron chi connectivity index (χ1n) is 4.55. The molecule has 5 heteroatoms. The van der Waals surface area contributed by atoms with Gasteiger partial charge in [-0.1, -0.05) is 17.7 Å². The summed E-state index contributed by atoms with van der Waals surface area (Å²) >= 11 is 2.11. The fourth-order valence-electron chi connectivity index (χ4n) is 1.02. The minimum atomic E-state index is -0.308. The van der Waals surface area contributed by atoms with Crippen LogP contribution in [0.15, 0.2) is 24.3 Å². The monoisotopic (exact) mass is 250 g/mol. The molecule has 0 spiro atoms. The Balaban J connectivity index is 2.57. The lowest BCUT2D eigenvalue weighted by Gasteiger charge is -2.13. The molecular formula is C11H10N2OS2. The van der Waals surface area contributed by atoms with Crippen LogP contribution in [-0.4, -0.2) is 11.2 Å². The van der Waals surface area contributed by atoms with Gasteiger partial charge in [-0.25, -0.2) is 0 Å². The predicted molar refractivity (Wildman–Crippen MR) is 66.9 cm³/mol. The summed E-state index contributed by atoms with van der Waals surface area (Å²) in [5, 5.41) is 21.0. The number of thiocyanates is 2. The van der Waals surface area contributed by atoms with Crippen LogP contribution in [0.25, 0.3) is 0 Å². The van der Waals surface area contributed by atoms with E-state index in [0.29, 0.717) is 5.75 Å². The first kappa shape index (κ1) is 12.8. The average Bonchev–Trinajstić information content (AvgIpc) is 2.29. The second-order valence-corrected chi connectivity index (χ2v) is 4.72. The third kappa shape index (κ3) is 4.48. The standard InChI is InChI=1S/C11H10N2OS2/c1-9-2-4-10(5-3-9)14-11(16-8-13)6-15-7-12/h2-5,11H,6H2,1H3. The number of benzene rings is 1. The number of nitriles is 2. The van der Waals surface area contributed by atoms with Crippen LogP contribution in [-0.2, 0) is 0 Å². The molecule has 3 nitrogen and oxygen atoms in total. The summed E-state index contributed by atoms with van der Waals surface area (Å²) < 4.78 is 5.58. The highest BCUT2D eigenvalue weighted by atomic mass is 32.2. The van der Waals surface area contributed by atoms with E-state index in [4.69, 9.17) is 15.3 Å². The zero-order valence-electron chi connectivity index (χ0n) is 8.71. The number of thioether (sulfide) groups is 2. The quantitative estimate of drug-likeness (QED) is 0.593. The Labute approximate surface area is 103 Å². The van der Waals surface area contributed by atoms with E-state index in [2.05, 4.69) is 0 Å². The topological polar surface area (TPSA) is 56.8 Å². The van der Waals surface area contributed by atoms with Crippen molar-refractivity contribution < 1.29 is 4.74 Å². The van der Waals surface area contributed by atoms with Gasteiger partial charge < -0.3 is 4.74 Å². The molecule has 0 fully saturated rings. The van der Waals surface area contributed by atoms with Gasteiger partial charge in [0.1, 0.15) is 16.6 Å². The van der Waals surface area contributed by atoms with Crippen molar-refractivity contribution in [2.45, 2.75) is 12.4 Å². The highest BCUT2D eigenvalue weighted by Crippen LogP contribution is 2.21. The molecule has 1 atom stereocenters. The molecule has 1 rings (SSSR count). The Morgan fingerprint density at radius 2 is 1.94 bits per heavy atom. The van der Waals surface area contributed by atoms with Crippen LogP contribution in [0.5, 0.6) is 5.75 Å². The van der Waals surface area contributed by atoms with Crippen LogP contribution in [0.1, 0.15) is 5.56 Å². The van der Waals surface area contributed by atoms with E-state index in [9.17, 15) is 0 Å². The maximum atomic E-state index is 8.60. The van der Waals surface area contributed by atoms with Gasteiger partial charge in [-0.15, -0.1) is 0 Å². The van der Waals surface area contributed by atoms with Crippen molar-refractivity contribution in [1.29, 1.82) is 10.5 Å². The minimum absolute atomic E-state index is 0.308. The molecule has 1 aromatic carbocycles. The van der Waals surface area contributed by atoms with Crippen LogP contribution in [0.2, 0.25) is 0 Å². The van der Waals surface area contributed by atoms with Gasteiger partial charge in [0.25, 0.3) is 0 Å². The summed E-state index contributed by atoms with van der Waals surface area (Å²) in [5.74, 6) is 1.19. The molecule has 0 radical (unpaired) electrons. The molecule has 16 heavy (non-hydrogen) atoms. The fraction of sp³-hybridized carbons (Fsp3) is 0.273. The first-order valence-corrected chi connectivity index (χ1v) is 6.41. The molecule has 0 amide bonds. The Morgan fingerprint density at radius 1 is 1.25 bits per heavy atom. The van der Waals surface area contributed by atoms with Crippen molar-refractivity contribution in [2.75, 3.05) is 5.75 Å². The van der Waals surface area contributed by atoms with E-state index >= 15 is 0 Å². The van der Waals surface area contributed by atoms with Crippen molar-refractivity contribution in [3.05, 3.63) is 29.8 Å². The summed E-state index contributed by atoms with van der Waals surface area (Å²) in [7, 11) is 0. The molecule has 0 aliphatic rings. The second-order valence-electron chi connectivity index (χ2n) is 2.97. The molecule has 0 bridgehead atoms. The molecule has 0 saturated heterocycles. The summed E-state index contributed by atoms with van der Waals surface area (Å²) in [6.45, 7) is 2.00. The molecule has 0 aromatic heterocycles. The SMILES string of the molecule is Cc1ccc(OC(CSC#N)SC#N)cc1. The Morgan fingerprint density at radius 3 is 2.50 bits per heavy atom. The molecular weight excluding hydrogens is 240 g/mol. The van der Waals surface area contributed by atoms with Gasteiger partial charge in [-0.05, 0) is 42.6 Å². The summed E-state index contributed by atoms with van der Waals surface area (Å²) in [4.78, 5) is 0. The van der Waals surface area contributed by atoms with Crippen molar-refractivity contribution in [1.82, 2.24) is 0 Å². The maximum Gasteiger partial charge on any atom is 0.168 e. The van der Waals surface area contributed by atoms with Crippen molar-refractivity contribution >= 4 is 23.5 Å².